The van der Waals surface area contributed by atoms with Gasteiger partial charge in [0.15, 0.2) is 0 Å². The Kier molecular flexibility index (Phi) is 9.01. The van der Waals surface area contributed by atoms with Crippen molar-refractivity contribution in [3.05, 3.63) is 59.2 Å². The highest BCUT2D eigenvalue weighted by Crippen LogP contribution is 2.75. The number of hydrogen-bond acceptors (Lipinski definition) is 4. The average Bonchev–Trinajstić information content (AvgIpc) is 4.09. The molecular formula is C48H69NO3. The minimum Gasteiger partial charge on any atom is -0.461 e. The van der Waals surface area contributed by atoms with Gasteiger partial charge in [0.1, 0.15) is 6.61 Å². The Bertz CT molecular complexity index is 1560. The van der Waals surface area contributed by atoms with E-state index in [-0.39, 0.29) is 17.5 Å². The normalized spacial score (nSPS) is 42.9. The number of ether oxygens (including phenoxy) is 1. The summed E-state index contributed by atoms with van der Waals surface area (Å²) in [6.45, 7) is 12.2. The van der Waals surface area contributed by atoms with E-state index in [2.05, 4.69) is 45.2 Å². The highest BCUT2D eigenvalue weighted by molar-refractivity contribution is 5.73. The molecule has 10 atom stereocenters. The summed E-state index contributed by atoms with van der Waals surface area (Å²) in [5, 5.41) is 16.0. The molecule has 6 fully saturated rings. The molecule has 9 unspecified atom stereocenters. The molecule has 8 aliphatic rings. The van der Waals surface area contributed by atoms with Gasteiger partial charge in [-0.3, -0.25) is 4.79 Å². The van der Waals surface area contributed by atoms with Gasteiger partial charge < -0.3 is 15.2 Å². The number of rotatable bonds is 10. The molecule has 52 heavy (non-hydrogen) atoms. The van der Waals surface area contributed by atoms with Crippen LogP contribution >= 0.6 is 0 Å². The van der Waals surface area contributed by atoms with Gasteiger partial charge in [-0.25, -0.2) is 0 Å². The number of hydrogen-bond donors (Lipinski definition) is 2. The number of carbonyl (C=O) groups excluding carboxylic acids is 1. The van der Waals surface area contributed by atoms with Crippen molar-refractivity contribution in [3.8, 4) is 0 Å². The third-order valence-electron chi connectivity index (χ3n) is 18.5. The minimum absolute atomic E-state index is 0.0125. The average molecular weight is 708 g/mol. The molecule has 0 spiro atoms. The van der Waals surface area contributed by atoms with Crippen LogP contribution < -0.4 is 5.32 Å². The first kappa shape index (κ1) is 35.8. The zero-order valence-electron chi connectivity index (χ0n) is 33.1. The summed E-state index contributed by atoms with van der Waals surface area (Å²) in [7, 11) is 0. The molecule has 0 aromatic heterocycles. The Morgan fingerprint density at radius 2 is 1.62 bits per heavy atom. The van der Waals surface area contributed by atoms with Crippen LogP contribution in [0.1, 0.15) is 149 Å². The van der Waals surface area contributed by atoms with E-state index < -0.39 is 0 Å². The SMILES string of the molecule is CC1C(C2=CCC(C(=O)OCc3ccccc3)CC2)=CCC2(C)C1CCC1(C)C2CCC2C3CCCC3(NCCC(O)(C3CC3)C3CC3)CC[C@]21C. The lowest BCUT2D eigenvalue weighted by Gasteiger charge is -2.71. The van der Waals surface area contributed by atoms with Crippen molar-refractivity contribution in [2.45, 2.75) is 161 Å². The fraction of sp³-hybridized carbons (Fsp3) is 0.771. The number of carbonyl (C=O) groups is 1. The van der Waals surface area contributed by atoms with Crippen LogP contribution in [0.4, 0.5) is 0 Å². The second-order valence-electron chi connectivity index (χ2n) is 20.5. The van der Waals surface area contributed by atoms with Gasteiger partial charge in [-0.2, -0.15) is 0 Å². The Morgan fingerprint density at radius 1 is 0.846 bits per heavy atom. The maximum atomic E-state index is 13.0. The molecule has 0 saturated heterocycles. The third kappa shape index (κ3) is 5.67. The molecule has 0 bridgehead atoms. The van der Waals surface area contributed by atoms with E-state index in [0.29, 0.717) is 46.1 Å². The molecule has 6 saturated carbocycles. The first-order valence-electron chi connectivity index (χ1n) is 22.1. The summed E-state index contributed by atoms with van der Waals surface area (Å²) >= 11 is 0. The molecular weight excluding hydrogens is 639 g/mol. The third-order valence-corrected chi connectivity index (χ3v) is 18.5. The molecule has 4 heteroatoms. The Morgan fingerprint density at radius 3 is 2.33 bits per heavy atom. The quantitative estimate of drug-likeness (QED) is 0.238. The Labute approximate surface area is 315 Å². The lowest BCUT2D eigenvalue weighted by Crippen LogP contribution is -2.67. The molecule has 1 aromatic carbocycles. The van der Waals surface area contributed by atoms with Crippen LogP contribution in [0.2, 0.25) is 0 Å². The largest absolute Gasteiger partial charge is 0.461 e. The zero-order valence-corrected chi connectivity index (χ0v) is 33.1. The van der Waals surface area contributed by atoms with Gasteiger partial charge in [-0.1, -0.05) is 76.6 Å². The fourth-order valence-corrected chi connectivity index (χ4v) is 15.1. The van der Waals surface area contributed by atoms with E-state index in [1.807, 2.05) is 30.3 Å². The minimum atomic E-state index is -0.376. The molecule has 2 N–H and O–H groups in total. The van der Waals surface area contributed by atoms with E-state index in [9.17, 15) is 9.90 Å². The summed E-state index contributed by atoms with van der Waals surface area (Å²) in [5.74, 6) is 4.88. The second kappa shape index (κ2) is 13.1. The van der Waals surface area contributed by atoms with Crippen molar-refractivity contribution in [3.63, 3.8) is 0 Å². The summed E-state index contributed by atoms with van der Waals surface area (Å²) in [6.07, 6.45) is 27.5. The molecule has 0 aliphatic heterocycles. The van der Waals surface area contributed by atoms with Crippen LogP contribution in [0.25, 0.3) is 0 Å². The topological polar surface area (TPSA) is 58.6 Å². The molecule has 1 aromatic rings. The number of fused-ring (bicyclic) bond motifs is 7. The molecule has 8 aliphatic carbocycles. The molecule has 4 nitrogen and oxygen atoms in total. The molecule has 0 heterocycles. The smallest absolute Gasteiger partial charge is 0.309 e. The second-order valence-corrected chi connectivity index (χ2v) is 20.5. The van der Waals surface area contributed by atoms with Crippen molar-refractivity contribution < 1.29 is 14.6 Å². The van der Waals surface area contributed by atoms with E-state index in [4.69, 9.17) is 4.74 Å². The summed E-state index contributed by atoms with van der Waals surface area (Å²) in [6, 6.07) is 10.1. The van der Waals surface area contributed by atoms with Gasteiger partial charge in [-0.05, 0) is 190 Å². The fourth-order valence-electron chi connectivity index (χ4n) is 15.1. The van der Waals surface area contributed by atoms with E-state index >= 15 is 0 Å². The Hall–Kier alpha value is -1.91. The van der Waals surface area contributed by atoms with Gasteiger partial charge in [0.25, 0.3) is 0 Å². The van der Waals surface area contributed by atoms with Crippen molar-refractivity contribution >= 4 is 5.97 Å². The predicted octanol–water partition coefficient (Wildman–Crippen LogP) is 10.7. The molecule has 284 valence electrons. The first-order valence-corrected chi connectivity index (χ1v) is 22.1. The summed E-state index contributed by atoms with van der Waals surface area (Å²) < 4.78 is 5.74. The highest BCUT2D eigenvalue weighted by atomic mass is 16.5. The number of aliphatic hydroxyl groups is 1. The van der Waals surface area contributed by atoms with Gasteiger partial charge >= 0.3 is 5.97 Å². The lowest BCUT2D eigenvalue weighted by atomic mass is 9.34. The lowest BCUT2D eigenvalue weighted by molar-refractivity contribution is -0.212. The van der Waals surface area contributed by atoms with Crippen molar-refractivity contribution in [1.82, 2.24) is 5.32 Å². The van der Waals surface area contributed by atoms with Crippen LogP contribution in [-0.2, 0) is 16.1 Å². The maximum absolute atomic E-state index is 13.0. The number of benzene rings is 1. The van der Waals surface area contributed by atoms with Crippen molar-refractivity contribution in [2.75, 3.05) is 6.54 Å². The monoisotopic (exact) mass is 708 g/mol. The van der Waals surface area contributed by atoms with Crippen LogP contribution in [0.5, 0.6) is 0 Å². The van der Waals surface area contributed by atoms with Gasteiger partial charge in [0, 0.05) is 5.54 Å². The zero-order chi connectivity index (χ0) is 35.9. The summed E-state index contributed by atoms with van der Waals surface area (Å²) in [5.41, 5.74) is 5.30. The maximum Gasteiger partial charge on any atom is 0.309 e. The predicted molar refractivity (Wildman–Crippen MR) is 209 cm³/mol. The van der Waals surface area contributed by atoms with Crippen LogP contribution in [-0.4, -0.2) is 28.8 Å². The van der Waals surface area contributed by atoms with E-state index in [1.165, 1.54) is 95.5 Å². The van der Waals surface area contributed by atoms with Gasteiger partial charge in [0.2, 0.25) is 0 Å². The van der Waals surface area contributed by atoms with Crippen molar-refractivity contribution in [2.24, 2.45) is 63.6 Å². The van der Waals surface area contributed by atoms with Crippen LogP contribution in [0, 0.1) is 63.6 Å². The number of nitrogens with one attached hydrogen (secondary N) is 1. The molecule has 9 rings (SSSR count). The van der Waals surface area contributed by atoms with Crippen LogP contribution in [0.15, 0.2) is 53.6 Å². The first-order chi connectivity index (χ1) is 25.0. The van der Waals surface area contributed by atoms with Crippen LogP contribution in [0.3, 0.4) is 0 Å². The Balaban J connectivity index is 0.872. The van der Waals surface area contributed by atoms with E-state index in [0.717, 1.165) is 61.5 Å². The number of esters is 1. The summed E-state index contributed by atoms with van der Waals surface area (Å²) in [4.78, 5) is 13.0. The molecule has 0 amide bonds. The standard InChI is InChI=1S/C48H69NO3/c1-32-38(34-12-14-35(15-13-34)43(50)52-31-33-9-6-5-7-10-33)22-25-44(2)39(32)23-26-46(4)42(44)21-20-40-41-11-8-24-47(41,28-27-45(40,46)3)49-30-29-48(51,36-16-17-36)37-18-19-37/h5-7,9-10,12,22,32,35-37,39-42,49,51H,8,11,13-21,23-31H2,1-4H3/t32?,35?,39?,40?,41?,42?,44?,45-,46?,47?/m1/s1. The molecule has 0 radical (unpaired) electrons. The van der Waals surface area contributed by atoms with Gasteiger partial charge in [-0.15, -0.1) is 0 Å². The highest BCUT2D eigenvalue weighted by Gasteiger charge is 2.68. The van der Waals surface area contributed by atoms with Gasteiger partial charge in [0.05, 0.1) is 11.5 Å². The van der Waals surface area contributed by atoms with E-state index in [1.54, 1.807) is 5.57 Å². The van der Waals surface area contributed by atoms with Crippen molar-refractivity contribution in [1.29, 1.82) is 0 Å². The number of allylic oxidation sites excluding steroid dienone is 4.